The molecule has 0 aliphatic carbocycles. The van der Waals surface area contributed by atoms with Crippen LogP contribution in [0.5, 0.6) is 0 Å². The number of aliphatic hydroxyl groups excluding tert-OH is 2. The highest BCUT2D eigenvalue weighted by atomic mass is 16.7. The van der Waals surface area contributed by atoms with Crippen molar-refractivity contribution in [3.8, 4) is 0 Å². The third-order valence-electron chi connectivity index (χ3n) is 3.16. The van der Waals surface area contributed by atoms with Crippen LogP contribution in [0.3, 0.4) is 0 Å². The van der Waals surface area contributed by atoms with Crippen LogP contribution in [0, 0.1) is 0 Å². The molecule has 0 aromatic rings. The number of aliphatic hydroxyl groups is 2. The van der Waals surface area contributed by atoms with E-state index in [1.807, 2.05) is 0 Å². The largest absolute Gasteiger partial charge is 0.379 e. The minimum absolute atomic E-state index is 0.108. The molecule has 12 nitrogen and oxygen atoms in total. The van der Waals surface area contributed by atoms with Crippen LogP contribution in [0.15, 0.2) is 0 Å². The number of amides is 4. The molecule has 2 atom stereocenters. The molecule has 0 aromatic carbocycles. The molecule has 2 rings (SSSR count). The van der Waals surface area contributed by atoms with Gasteiger partial charge in [-0.15, -0.1) is 10.1 Å². The van der Waals surface area contributed by atoms with Crippen LogP contribution in [0.25, 0.3) is 0 Å². The molecule has 4 amide bonds. The van der Waals surface area contributed by atoms with Crippen molar-refractivity contribution in [1.82, 2.24) is 10.1 Å². The lowest BCUT2D eigenvalue weighted by Gasteiger charge is -2.19. The second kappa shape index (κ2) is 6.72. The first-order chi connectivity index (χ1) is 11.2. The molecule has 0 unspecified atom stereocenters. The average molecular weight is 344 g/mol. The quantitative estimate of drug-likeness (QED) is 0.488. The van der Waals surface area contributed by atoms with Gasteiger partial charge in [0.1, 0.15) is 0 Å². The van der Waals surface area contributed by atoms with Crippen LogP contribution in [-0.2, 0) is 38.4 Å². The fourth-order valence-corrected chi connectivity index (χ4v) is 1.86. The maximum atomic E-state index is 11.6. The molecular formula is C12H12N2O10. The Morgan fingerprint density at radius 3 is 1.21 bits per heavy atom. The smallest absolute Gasteiger partial charge is 0.364 e. The monoisotopic (exact) mass is 344 g/mol. The van der Waals surface area contributed by atoms with E-state index in [9.17, 15) is 39.0 Å². The Morgan fingerprint density at radius 2 is 0.958 bits per heavy atom. The van der Waals surface area contributed by atoms with Crippen LogP contribution in [0.2, 0.25) is 0 Å². The zero-order chi connectivity index (χ0) is 18.0. The zero-order valence-corrected chi connectivity index (χ0v) is 12.0. The van der Waals surface area contributed by atoms with Crippen molar-refractivity contribution in [2.45, 2.75) is 37.9 Å². The van der Waals surface area contributed by atoms with E-state index in [1.54, 1.807) is 0 Å². The second-order valence-corrected chi connectivity index (χ2v) is 4.87. The van der Waals surface area contributed by atoms with E-state index < -0.39 is 47.8 Å². The number of carbonyl (C=O) groups excluding carboxylic acids is 6. The van der Waals surface area contributed by atoms with Gasteiger partial charge in [-0.2, -0.15) is 0 Å². The Balaban J connectivity index is 1.94. The minimum atomic E-state index is -2.51. The van der Waals surface area contributed by atoms with E-state index in [1.165, 1.54) is 0 Å². The molecule has 0 saturated carbocycles. The van der Waals surface area contributed by atoms with Gasteiger partial charge in [0, 0.05) is 25.7 Å². The van der Waals surface area contributed by atoms with Gasteiger partial charge >= 0.3 is 11.9 Å². The van der Waals surface area contributed by atoms with Crippen LogP contribution < -0.4 is 0 Å². The Morgan fingerprint density at radius 1 is 0.708 bits per heavy atom. The third kappa shape index (κ3) is 3.38. The van der Waals surface area contributed by atoms with Gasteiger partial charge in [-0.1, -0.05) is 0 Å². The minimum Gasteiger partial charge on any atom is -0.379 e. The van der Waals surface area contributed by atoms with Crippen molar-refractivity contribution in [2.24, 2.45) is 0 Å². The summed E-state index contributed by atoms with van der Waals surface area (Å²) in [5.74, 6) is -6.64. The molecule has 2 aliphatic heterocycles. The number of rotatable bonds is 5. The Bertz CT molecular complexity index is 543. The summed E-state index contributed by atoms with van der Waals surface area (Å²) in [6.45, 7) is 0. The molecule has 2 fully saturated rings. The molecule has 2 heterocycles. The fraction of sp³-hybridized carbons (Fsp3) is 0.500. The van der Waals surface area contributed by atoms with Crippen molar-refractivity contribution in [3.05, 3.63) is 0 Å². The summed E-state index contributed by atoms with van der Waals surface area (Å²) in [7, 11) is 0. The number of imide groups is 2. The van der Waals surface area contributed by atoms with E-state index in [0.717, 1.165) is 0 Å². The number of nitrogens with zero attached hydrogens (tertiary/aromatic N) is 2. The molecule has 0 aromatic heterocycles. The molecular weight excluding hydrogens is 332 g/mol. The highest BCUT2D eigenvalue weighted by Gasteiger charge is 2.41. The van der Waals surface area contributed by atoms with Crippen molar-refractivity contribution in [3.63, 3.8) is 0 Å². The van der Waals surface area contributed by atoms with E-state index in [-0.39, 0.29) is 35.8 Å². The molecule has 0 radical (unpaired) electrons. The fourth-order valence-electron chi connectivity index (χ4n) is 1.86. The number of hydrogen-bond acceptors (Lipinski definition) is 10. The van der Waals surface area contributed by atoms with Crippen LogP contribution in [0.4, 0.5) is 0 Å². The molecule has 0 bridgehead atoms. The summed E-state index contributed by atoms with van der Waals surface area (Å²) in [5, 5.41) is 19.3. The van der Waals surface area contributed by atoms with Gasteiger partial charge in [-0.25, -0.2) is 9.59 Å². The second-order valence-electron chi connectivity index (χ2n) is 4.87. The predicted octanol–water partition coefficient (Wildman–Crippen LogP) is -3.08. The predicted molar refractivity (Wildman–Crippen MR) is 66.4 cm³/mol. The lowest BCUT2D eigenvalue weighted by atomic mass is 10.2. The van der Waals surface area contributed by atoms with Gasteiger partial charge in [-0.3, -0.25) is 19.2 Å². The van der Waals surface area contributed by atoms with Gasteiger partial charge < -0.3 is 19.9 Å². The summed E-state index contributed by atoms with van der Waals surface area (Å²) >= 11 is 0. The normalized spacial score (nSPS) is 20.4. The van der Waals surface area contributed by atoms with E-state index >= 15 is 0 Å². The van der Waals surface area contributed by atoms with Gasteiger partial charge in [0.15, 0.2) is 12.2 Å². The lowest BCUT2D eigenvalue weighted by molar-refractivity contribution is -0.216. The summed E-state index contributed by atoms with van der Waals surface area (Å²) in [5.41, 5.74) is 0. The SMILES string of the molecule is O=C(ON1C(=O)CCC1=O)[C@@H](O)[C@H](O)C(=O)ON1C(=O)CCC1=O. The Kier molecular flexibility index (Phi) is 4.90. The lowest BCUT2D eigenvalue weighted by Crippen LogP contribution is -2.47. The molecule has 130 valence electrons. The van der Waals surface area contributed by atoms with Crippen molar-refractivity contribution in [2.75, 3.05) is 0 Å². The highest BCUT2D eigenvalue weighted by Crippen LogP contribution is 2.15. The number of hydrogen-bond donors (Lipinski definition) is 2. The average Bonchev–Trinajstić information content (AvgIpc) is 3.03. The number of hydroxylamine groups is 4. The first kappa shape index (κ1) is 17.5. The molecule has 2 saturated heterocycles. The van der Waals surface area contributed by atoms with E-state index in [2.05, 4.69) is 9.68 Å². The maximum Gasteiger partial charge on any atom is 0.364 e. The van der Waals surface area contributed by atoms with Gasteiger partial charge in [0.2, 0.25) is 0 Å². The summed E-state index contributed by atoms with van der Waals surface area (Å²) < 4.78 is 0. The Hall–Kier alpha value is -2.86. The first-order valence-electron chi connectivity index (χ1n) is 6.73. The third-order valence-corrected chi connectivity index (χ3v) is 3.16. The number of carbonyl (C=O) groups is 6. The molecule has 12 heteroatoms. The van der Waals surface area contributed by atoms with Crippen molar-refractivity contribution >= 4 is 35.6 Å². The Labute approximate surface area is 133 Å². The molecule has 2 N–H and O–H groups in total. The maximum absolute atomic E-state index is 11.6. The molecule has 2 aliphatic rings. The van der Waals surface area contributed by atoms with Crippen molar-refractivity contribution in [1.29, 1.82) is 0 Å². The zero-order valence-electron chi connectivity index (χ0n) is 12.0. The molecule has 0 spiro atoms. The van der Waals surface area contributed by atoms with Crippen LogP contribution in [0.1, 0.15) is 25.7 Å². The molecule has 24 heavy (non-hydrogen) atoms. The highest BCUT2D eigenvalue weighted by molar-refractivity contribution is 6.03. The topological polar surface area (TPSA) is 168 Å². The van der Waals surface area contributed by atoms with Gasteiger partial charge in [0.05, 0.1) is 0 Å². The van der Waals surface area contributed by atoms with E-state index in [4.69, 9.17) is 0 Å². The van der Waals surface area contributed by atoms with Crippen LogP contribution in [-0.4, -0.2) is 68.1 Å². The standard InChI is InChI=1S/C12H12N2O10/c15-5-1-2-6(16)13(5)23-11(21)9(19)10(20)12(22)24-14-7(17)3-4-8(14)18/h9-10,19-20H,1-4H2/t9-,10-/m0/s1. The van der Waals surface area contributed by atoms with Crippen LogP contribution >= 0.6 is 0 Å². The summed E-state index contributed by atoms with van der Waals surface area (Å²) in [6, 6.07) is 0. The van der Waals surface area contributed by atoms with Gasteiger partial charge in [0.25, 0.3) is 23.6 Å². The van der Waals surface area contributed by atoms with Crippen molar-refractivity contribution < 1.29 is 48.7 Å². The van der Waals surface area contributed by atoms with E-state index in [0.29, 0.717) is 0 Å². The first-order valence-corrected chi connectivity index (χ1v) is 6.73. The summed E-state index contributed by atoms with van der Waals surface area (Å²) in [6.07, 6.45) is -5.77. The van der Waals surface area contributed by atoms with Gasteiger partial charge in [-0.05, 0) is 0 Å². The summed E-state index contributed by atoms with van der Waals surface area (Å²) in [4.78, 5) is 76.8.